The van der Waals surface area contributed by atoms with E-state index in [9.17, 15) is 9.18 Å². The van der Waals surface area contributed by atoms with Gasteiger partial charge >= 0.3 is 5.97 Å². The Bertz CT molecular complexity index is 684. The Balaban J connectivity index is 2.02. The molecule has 1 aliphatic rings. The second-order valence-corrected chi connectivity index (χ2v) is 5.81. The first-order chi connectivity index (χ1) is 9.56. The van der Waals surface area contributed by atoms with Crippen molar-refractivity contribution < 1.29 is 14.3 Å². The predicted octanol–water partition coefficient (Wildman–Crippen LogP) is 3.10. The Kier molecular flexibility index (Phi) is 3.33. The lowest BCUT2D eigenvalue weighted by atomic mass is 9.96. The molecule has 104 valence electrons. The minimum absolute atomic E-state index is 0.324. The molecule has 2 heterocycles. The van der Waals surface area contributed by atoms with Crippen molar-refractivity contribution in [2.24, 2.45) is 5.92 Å². The SMILES string of the molecule is O=C(O)C1CCc2c(-c3cc(Br)ccc3F)ncn2C1. The Morgan fingerprint density at radius 1 is 1.50 bits per heavy atom. The van der Waals surface area contributed by atoms with Crippen LogP contribution in [0, 0.1) is 11.7 Å². The van der Waals surface area contributed by atoms with Crippen LogP contribution in [-0.4, -0.2) is 20.6 Å². The lowest BCUT2D eigenvalue weighted by Crippen LogP contribution is -2.26. The van der Waals surface area contributed by atoms with Gasteiger partial charge in [0.25, 0.3) is 0 Å². The fourth-order valence-electron chi connectivity index (χ4n) is 2.57. The van der Waals surface area contributed by atoms with Gasteiger partial charge in [0.1, 0.15) is 5.82 Å². The average Bonchev–Trinajstić information content (AvgIpc) is 2.84. The number of hydrogen-bond donors (Lipinski definition) is 1. The zero-order chi connectivity index (χ0) is 14.3. The highest BCUT2D eigenvalue weighted by atomic mass is 79.9. The molecule has 3 rings (SSSR count). The summed E-state index contributed by atoms with van der Waals surface area (Å²) in [5, 5.41) is 9.07. The maximum absolute atomic E-state index is 13.9. The zero-order valence-corrected chi connectivity index (χ0v) is 12.1. The largest absolute Gasteiger partial charge is 0.481 e. The number of rotatable bonds is 2. The highest BCUT2D eigenvalue weighted by Gasteiger charge is 2.27. The molecular weight excluding hydrogens is 327 g/mol. The first-order valence-electron chi connectivity index (χ1n) is 6.28. The topological polar surface area (TPSA) is 55.1 Å². The summed E-state index contributed by atoms with van der Waals surface area (Å²) in [5.41, 5.74) is 1.95. The number of carbonyl (C=O) groups is 1. The first kappa shape index (κ1) is 13.3. The molecule has 6 heteroatoms. The maximum atomic E-state index is 13.9. The van der Waals surface area contributed by atoms with Crippen molar-refractivity contribution in [1.82, 2.24) is 9.55 Å². The van der Waals surface area contributed by atoms with E-state index in [0.29, 0.717) is 30.6 Å². The molecule has 0 bridgehead atoms. The summed E-state index contributed by atoms with van der Waals surface area (Å²) >= 11 is 3.33. The van der Waals surface area contributed by atoms with Crippen molar-refractivity contribution in [1.29, 1.82) is 0 Å². The molecular formula is C14H12BrFN2O2. The minimum atomic E-state index is -0.792. The number of aromatic nitrogens is 2. The van der Waals surface area contributed by atoms with Crippen molar-refractivity contribution in [3.05, 3.63) is 40.5 Å². The molecule has 0 fully saturated rings. The van der Waals surface area contributed by atoms with E-state index >= 15 is 0 Å². The number of carboxylic acids is 1. The van der Waals surface area contributed by atoms with E-state index in [1.54, 1.807) is 18.5 Å². The van der Waals surface area contributed by atoms with Crippen LogP contribution < -0.4 is 0 Å². The number of halogens is 2. The quantitative estimate of drug-likeness (QED) is 0.915. The standard InChI is InChI=1S/C14H12BrFN2O2/c15-9-2-3-11(16)10(5-9)13-12-4-1-8(14(19)20)6-18(12)7-17-13/h2-3,5,7-8H,1,4,6H2,(H,19,20). The molecule has 4 nitrogen and oxygen atoms in total. The number of benzene rings is 1. The van der Waals surface area contributed by atoms with Gasteiger partial charge in [0.05, 0.1) is 17.9 Å². The number of carboxylic acid groups (broad SMARTS) is 1. The number of imidazole rings is 1. The van der Waals surface area contributed by atoms with E-state index < -0.39 is 11.9 Å². The summed E-state index contributed by atoms with van der Waals surface area (Å²) in [6.07, 6.45) is 2.75. The third kappa shape index (κ3) is 2.24. The molecule has 0 saturated carbocycles. The van der Waals surface area contributed by atoms with Crippen molar-refractivity contribution in [2.75, 3.05) is 0 Å². The average molecular weight is 339 g/mol. The minimum Gasteiger partial charge on any atom is -0.481 e. The molecule has 1 aromatic heterocycles. The number of nitrogens with zero attached hydrogens (tertiary/aromatic N) is 2. The zero-order valence-electron chi connectivity index (χ0n) is 10.5. The smallest absolute Gasteiger partial charge is 0.308 e. The van der Waals surface area contributed by atoms with E-state index in [4.69, 9.17) is 5.11 Å². The van der Waals surface area contributed by atoms with Crippen LogP contribution in [0.5, 0.6) is 0 Å². The summed E-state index contributed by atoms with van der Waals surface area (Å²) in [6.45, 7) is 0.396. The van der Waals surface area contributed by atoms with Gasteiger partial charge in [0, 0.05) is 22.3 Å². The van der Waals surface area contributed by atoms with Gasteiger partial charge < -0.3 is 9.67 Å². The molecule has 0 amide bonds. The molecule has 0 saturated heterocycles. The van der Waals surface area contributed by atoms with Gasteiger partial charge in [-0.05, 0) is 31.0 Å². The molecule has 0 radical (unpaired) electrons. The third-order valence-corrected chi connectivity index (χ3v) is 4.12. The molecule has 1 unspecified atom stereocenters. The molecule has 2 aromatic rings. The Morgan fingerprint density at radius 3 is 3.05 bits per heavy atom. The van der Waals surface area contributed by atoms with Gasteiger partial charge in [0.15, 0.2) is 0 Å². The Labute approximate surface area is 123 Å². The monoisotopic (exact) mass is 338 g/mol. The van der Waals surface area contributed by atoms with E-state index in [2.05, 4.69) is 20.9 Å². The lowest BCUT2D eigenvalue weighted by Gasteiger charge is -2.21. The lowest BCUT2D eigenvalue weighted by molar-refractivity contribution is -0.142. The molecule has 1 N–H and O–H groups in total. The van der Waals surface area contributed by atoms with Crippen LogP contribution in [0.25, 0.3) is 11.3 Å². The number of aliphatic carboxylic acids is 1. The summed E-state index contributed by atoms with van der Waals surface area (Å²) in [6, 6.07) is 4.73. The second-order valence-electron chi connectivity index (χ2n) is 4.89. The first-order valence-corrected chi connectivity index (χ1v) is 7.08. The van der Waals surface area contributed by atoms with E-state index in [-0.39, 0.29) is 5.82 Å². The summed E-state index contributed by atoms with van der Waals surface area (Å²) in [5.74, 6) is -1.51. The molecule has 1 aromatic carbocycles. The molecule has 1 aliphatic heterocycles. The van der Waals surface area contributed by atoms with E-state index in [1.165, 1.54) is 6.07 Å². The Hall–Kier alpha value is -1.69. The molecule has 0 spiro atoms. The Morgan fingerprint density at radius 2 is 2.30 bits per heavy atom. The molecule has 0 aliphatic carbocycles. The van der Waals surface area contributed by atoms with Gasteiger partial charge in [-0.15, -0.1) is 0 Å². The maximum Gasteiger partial charge on any atom is 0.308 e. The van der Waals surface area contributed by atoms with Crippen molar-refractivity contribution >= 4 is 21.9 Å². The van der Waals surface area contributed by atoms with Crippen molar-refractivity contribution in [3.8, 4) is 11.3 Å². The van der Waals surface area contributed by atoms with Crippen LogP contribution in [-0.2, 0) is 17.8 Å². The number of hydrogen-bond acceptors (Lipinski definition) is 2. The molecule has 1 atom stereocenters. The van der Waals surface area contributed by atoms with Crippen molar-refractivity contribution in [3.63, 3.8) is 0 Å². The third-order valence-electron chi connectivity index (χ3n) is 3.63. The molecule has 20 heavy (non-hydrogen) atoms. The van der Waals surface area contributed by atoms with Gasteiger partial charge in [0.2, 0.25) is 0 Å². The van der Waals surface area contributed by atoms with Crippen LogP contribution in [0.2, 0.25) is 0 Å². The van der Waals surface area contributed by atoms with Gasteiger partial charge in [-0.3, -0.25) is 4.79 Å². The summed E-state index contributed by atoms with van der Waals surface area (Å²) in [7, 11) is 0. The van der Waals surface area contributed by atoms with Crippen molar-refractivity contribution in [2.45, 2.75) is 19.4 Å². The highest BCUT2D eigenvalue weighted by molar-refractivity contribution is 9.10. The van der Waals surface area contributed by atoms with E-state index in [1.807, 2.05) is 4.57 Å². The predicted molar refractivity (Wildman–Crippen MR) is 74.8 cm³/mol. The van der Waals surface area contributed by atoms with Crippen LogP contribution in [0.3, 0.4) is 0 Å². The van der Waals surface area contributed by atoms with Gasteiger partial charge in [-0.1, -0.05) is 15.9 Å². The summed E-state index contributed by atoms with van der Waals surface area (Å²) in [4.78, 5) is 15.3. The second kappa shape index (κ2) is 5.01. The summed E-state index contributed by atoms with van der Waals surface area (Å²) < 4.78 is 16.5. The van der Waals surface area contributed by atoms with Crippen LogP contribution in [0.4, 0.5) is 4.39 Å². The fourth-order valence-corrected chi connectivity index (χ4v) is 2.93. The fraction of sp³-hybridized carbons (Fsp3) is 0.286. The number of fused-ring (bicyclic) bond motifs is 1. The van der Waals surface area contributed by atoms with Gasteiger partial charge in [-0.2, -0.15) is 0 Å². The van der Waals surface area contributed by atoms with Gasteiger partial charge in [-0.25, -0.2) is 9.37 Å². The van der Waals surface area contributed by atoms with Crippen LogP contribution in [0.15, 0.2) is 29.0 Å². The normalized spacial score (nSPS) is 17.8. The van der Waals surface area contributed by atoms with Crippen LogP contribution >= 0.6 is 15.9 Å². The van der Waals surface area contributed by atoms with E-state index in [0.717, 1.165) is 10.2 Å². The van der Waals surface area contributed by atoms with Crippen LogP contribution in [0.1, 0.15) is 12.1 Å². The highest BCUT2D eigenvalue weighted by Crippen LogP contribution is 2.31.